The number of carbonyl (C=O) groups is 4. The third kappa shape index (κ3) is 7.95. The van der Waals surface area contributed by atoms with E-state index in [0.717, 1.165) is 5.56 Å². The normalized spacial score (nSPS) is 10.5. The maximum absolute atomic E-state index is 14.0. The van der Waals surface area contributed by atoms with Crippen LogP contribution in [-0.2, 0) is 14.4 Å². The SMILES string of the molecule is Cc1cccc(N(C)C(=O)N(CC(=O)N(CC(=O)N(C)c2ccccc2)c2cccc(OCC(N)=O)c2)c2nccs2)c1. The Balaban J connectivity index is 1.66. The number of hydrogen-bond acceptors (Lipinski definition) is 7. The van der Waals surface area contributed by atoms with Crippen LogP contribution >= 0.6 is 11.3 Å². The van der Waals surface area contributed by atoms with E-state index in [1.54, 1.807) is 62.1 Å². The van der Waals surface area contributed by atoms with Crippen molar-refractivity contribution in [1.82, 2.24) is 4.98 Å². The summed E-state index contributed by atoms with van der Waals surface area (Å²) in [6.07, 6.45) is 1.55. The Morgan fingerprint density at radius 3 is 2.14 bits per heavy atom. The number of aromatic nitrogens is 1. The topological polar surface area (TPSA) is 129 Å². The van der Waals surface area contributed by atoms with Gasteiger partial charge in [-0.25, -0.2) is 9.78 Å². The first-order valence-corrected chi connectivity index (χ1v) is 14.2. The molecule has 43 heavy (non-hydrogen) atoms. The molecule has 1 aromatic heterocycles. The lowest BCUT2D eigenvalue weighted by atomic mass is 10.2. The smallest absolute Gasteiger partial charge is 0.330 e. The molecule has 0 bridgehead atoms. The first kappa shape index (κ1) is 30.7. The average Bonchev–Trinajstić information content (AvgIpc) is 3.55. The number of carbonyl (C=O) groups excluding carboxylic acids is 4. The summed E-state index contributed by atoms with van der Waals surface area (Å²) >= 11 is 1.21. The number of likely N-dealkylation sites (N-methyl/N-ethyl adjacent to an activating group) is 1. The Hall–Kier alpha value is -5.23. The number of aryl methyl sites for hydroxylation is 1. The molecule has 0 spiro atoms. The Labute approximate surface area is 253 Å². The molecule has 4 aromatic rings. The highest BCUT2D eigenvalue weighted by Gasteiger charge is 2.30. The molecule has 1 heterocycles. The van der Waals surface area contributed by atoms with Crippen LogP contribution in [0.25, 0.3) is 0 Å². The van der Waals surface area contributed by atoms with Gasteiger partial charge >= 0.3 is 6.03 Å². The number of anilines is 4. The average molecular weight is 601 g/mol. The number of amides is 5. The molecule has 0 atom stereocenters. The first-order chi connectivity index (χ1) is 20.6. The maximum Gasteiger partial charge on any atom is 0.330 e. The zero-order chi connectivity index (χ0) is 30.9. The molecule has 12 heteroatoms. The van der Waals surface area contributed by atoms with Gasteiger partial charge in [0.05, 0.1) is 0 Å². The highest BCUT2D eigenvalue weighted by Crippen LogP contribution is 2.26. The molecule has 2 N–H and O–H groups in total. The summed E-state index contributed by atoms with van der Waals surface area (Å²) in [5, 5.41) is 2.03. The monoisotopic (exact) mass is 600 g/mol. The third-order valence-electron chi connectivity index (χ3n) is 6.47. The summed E-state index contributed by atoms with van der Waals surface area (Å²) in [7, 11) is 3.24. The molecule has 3 aromatic carbocycles. The van der Waals surface area contributed by atoms with Crippen molar-refractivity contribution in [3.05, 3.63) is 96.0 Å². The number of ether oxygens (including phenoxy) is 1. The van der Waals surface area contributed by atoms with Crippen LogP contribution in [0.3, 0.4) is 0 Å². The van der Waals surface area contributed by atoms with E-state index >= 15 is 0 Å². The number of primary amides is 1. The van der Waals surface area contributed by atoms with Gasteiger partial charge in [0.25, 0.3) is 5.91 Å². The number of nitrogens with zero attached hydrogens (tertiary/aromatic N) is 5. The van der Waals surface area contributed by atoms with Crippen molar-refractivity contribution in [3.8, 4) is 5.75 Å². The molecular formula is C31H32N6O5S. The van der Waals surface area contributed by atoms with Gasteiger partial charge in [-0.2, -0.15) is 0 Å². The van der Waals surface area contributed by atoms with E-state index in [2.05, 4.69) is 4.98 Å². The number of para-hydroxylation sites is 1. The van der Waals surface area contributed by atoms with Gasteiger partial charge < -0.3 is 20.3 Å². The highest BCUT2D eigenvalue weighted by atomic mass is 32.1. The molecule has 0 radical (unpaired) electrons. The second kappa shape index (κ2) is 14.1. The molecule has 0 saturated carbocycles. The number of hydrogen-bond donors (Lipinski definition) is 1. The van der Waals surface area contributed by atoms with E-state index in [1.165, 1.54) is 37.0 Å². The predicted octanol–water partition coefficient (Wildman–Crippen LogP) is 4.07. The molecule has 222 valence electrons. The molecule has 4 rings (SSSR count). The molecule has 5 amide bonds. The molecule has 0 unspecified atom stereocenters. The van der Waals surface area contributed by atoms with E-state index in [-0.39, 0.29) is 24.8 Å². The molecular weight excluding hydrogens is 568 g/mol. The number of urea groups is 1. The van der Waals surface area contributed by atoms with Gasteiger partial charge in [0.2, 0.25) is 11.8 Å². The van der Waals surface area contributed by atoms with Crippen molar-refractivity contribution in [3.63, 3.8) is 0 Å². The summed E-state index contributed by atoms with van der Waals surface area (Å²) in [6.45, 7) is 0.825. The summed E-state index contributed by atoms with van der Waals surface area (Å²) < 4.78 is 5.44. The van der Waals surface area contributed by atoms with Crippen molar-refractivity contribution in [2.75, 3.05) is 53.4 Å². The largest absolute Gasteiger partial charge is 0.484 e. The summed E-state index contributed by atoms with van der Waals surface area (Å²) in [6, 6.07) is 22.4. The van der Waals surface area contributed by atoms with Crippen molar-refractivity contribution < 1.29 is 23.9 Å². The van der Waals surface area contributed by atoms with Crippen molar-refractivity contribution in [2.24, 2.45) is 5.73 Å². The van der Waals surface area contributed by atoms with E-state index in [0.29, 0.717) is 22.2 Å². The van der Waals surface area contributed by atoms with Gasteiger partial charge in [-0.1, -0.05) is 36.4 Å². The van der Waals surface area contributed by atoms with Gasteiger partial charge in [-0.15, -0.1) is 11.3 Å². The van der Waals surface area contributed by atoms with Gasteiger partial charge in [-0.3, -0.25) is 24.2 Å². The molecule has 11 nitrogen and oxygen atoms in total. The lowest BCUT2D eigenvalue weighted by Crippen LogP contribution is -2.50. The minimum Gasteiger partial charge on any atom is -0.484 e. The zero-order valence-corrected chi connectivity index (χ0v) is 24.9. The molecule has 0 aliphatic heterocycles. The third-order valence-corrected chi connectivity index (χ3v) is 7.27. The van der Waals surface area contributed by atoms with Crippen LogP contribution in [0, 0.1) is 6.92 Å². The van der Waals surface area contributed by atoms with Gasteiger partial charge in [-0.05, 0) is 48.9 Å². The predicted molar refractivity (Wildman–Crippen MR) is 168 cm³/mol. The van der Waals surface area contributed by atoms with E-state index in [1.807, 2.05) is 43.3 Å². The number of benzene rings is 3. The van der Waals surface area contributed by atoms with Gasteiger partial charge in [0.1, 0.15) is 18.8 Å². The Morgan fingerprint density at radius 2 is 1.47 bits per heavy atom. The van der Waals surface area contributed by atoms with Gasteiger partial charge in [0, 0.05) is 48.8 Å². The lowest BCUT2D eigenvalue weighted by molar-refractivity contribution is -0.121. The minimum atomic E-state index is -0.659. The molecule has 0 aliphatic carbocycles. The Bertz CT molecular complexity index is 1580. The standard InChI is InChI=1S/C31H32N6O5S/c1-22-9-7-12-24(17-22)35(3)31(41)37(30-33-15-16-43-30)20-29(40)36(19-28(39)34(2)23-10-5-4-6-11-23)25-13-8-14-26(18-25)42-21-27(32)38/h4-18H,19-21H2,1-3H3,(H2,32,38). The van der Waals surface area contributed by atoms with Crippen LogP contribution in [0.15, 0.2) is 90.4 Å². The molecule has 0 saturated heterocycles. The fourth-order valence-electron chi connectivity index (χ4n) is 4.17. The highest BCUT2D eigenvalue weighted by molar-refractivity contribution is 7.13. The quantitative estimate of drug-likeness (QED) is 0.276. The van der Waals surface area contributed by atoms with Crippen LogP contribution in [0.5, 0.6) is 5.75 Å². The van der Waals surface area contributed by atoms with E-state index in [4.69, 9.17) is 10.5 Å². The number of rotatable bonds is 11. The maximum atomic E-state index is 14.0. The van der Waals surface area contributed by atoms with Crippen LogP contribution < -0.4 is 30.1 Å². The minimum absolute atomic E-state index is 0.282. The van der Waals surface area contributed by atoms with Crippen molar-refractivity contribution in [2.45, 2.75) is 6.92 Å². The fourth-order valence-corrected chi connectivity index (χ4v) is 4.81. The van der Waals surface area contributed by atoms with Crippen LogP contribution in [-0.4, -0.2) is 62.5 Å². The van der Waals surface area contributed by atoms with Crippen molar-refractivity contribution in [1.29, 1.82) is 0 Å². The van der Waals surface area contributed by atoms with Crippen LogP contribution in [0.1, 0.15) is 5.56 Å². The zero-order valence-electron chi connectivity index (χ0n) is 24.0. The summed E-state index contributed by atoms with van der Waals surface area (Å²) in [5.74, 6) is -1.28. The first-order valence-electron chi connectivity index (χ1n) is 13.3. The van der Waals surface area contributed by atoms with E-state index < -0.39 is 24.4 Å². The Morgan fingerprint density at radius 1 is 0.791 bits per heavy atom. The molecule has 0 aliphatic rings. The number of thiazole rings is 1. The van der Waals surface area contributed by atoms with Crippen LogP contribution in [0.4, 0.5) is 27.0 Å². The lowest BCUT2D eigenvalue weighted by Gasteiger charge is -2.30. The van der Waals surface area contributed by atoms with Crippen molar-refractivity contribution >= 4 is 57.3 Å². The summed E-state index contributed by atoms with van der Waals surface area (Å²) in [4.78, 5) is 62.3. The Kier molecular flexibility index (Phi) is 10.1. The molecule has 0 fully saturated rings. The van der Waals surface area contributed by atoms with Crippen LogP contribution in [0.2, 0.25) is 0 Å². The fraction of sp³-hybridized carbons (Fsp3) is 0.194. The second-order valence-corrected chi connectivity index (χ2v) is 10.5. The van der Waals surface area contributed by atoms with Gasteiger partial charge in [0.15, 0.2) is 11.7 Å². The summed E-state index contributed by atoms with van der Waals surface area (Å²) in [5.41, 5.74) is 7.82. The second-order valence-electron chi connectivity index (χ2n) is 9.60. The number of nitrogens with two attached hydrogens (primary N) is 1. The van der Waals surface area contributed by atoms with E-state index in [9.17, 15) is 19.2 Å².